The molecule has 4 rings (SSSR count). The highest BCUT2D eigenvalue weighted by atomic mass is 35.5. The number of hydrogen-bond acceptors (Lipinski definition) is 7. The van der Waals surface area contributed by atoms with E-state index >= 15 is 0 Å². The Morgan fingerprint density at radius 2 is 1.70 bits per heavy atom. The monoisotopic (exact) mass is 670 g/mol. The molecule has 1 heterocycles. The van der Waals surface area contributed by atoms with Crippen molar-refractivity contribution in [2.24, 2.45) is 5.10 Å². The number of anilines is 2. The first-order valence-electron chi connectivity index (χ1n) is 14.4. The molecule has 46 heavy (non-hydrogen) atoms. The van der Waals surface area contributed by atoms with Gasteiger partial charge < -0.3 is 19.7 Å². The number of carbonyl (C=O) groups excluding carboxylic acids is 3. The van der Waals surface area contributed by atoms with Crippen LogP contribution in [-0.4, -0.2) is 71.8 Å². The van der Waals surface area contributed by atoms with Gasteiger partial charge in [0, 0.05) is 34.4 Å². The number of hydrogen-bond donors (Lipinski definition) is 3. The minimum Gasteiger partial charge on any atom is -0.493 e. The lowest BCUT2D eigenvalue weighted by molar-refractivity contribution is -0.121. The number of nitrogens with one attached hydrogen (secondary N) is 2. The van der Waals surface area contributed by atoms with Crippen molar-refractivity contribution >= 4 is 58.8 Å². The van der Waals surface area contributed by atoms with Crippen molar-refractivity contribution in [3.63, 3.8) is 0 Å². The van der Waals surface area contributed by atoms with Gasteiger partial charge in [0.2, 0.25) is 5.91 Å². The summed E-state index contributed by atoms with van der Waals surface area (Å²) in [5, 5.41) is 19.2. The van der Waals surface area contributed by atoms with Crippen molar-refractivity contribution in [1.29, 1.82) is 0 Å². The molecule has 0 bridgehead atoms. The van der Waals surface area contributed by atoms with Gasteiger partial charge in [0.25, 0.3) is 0 Å². The molecule has 0 radical (unpaired) electrons. The lowest BCUT2D eigenvalue weighted by atomic mass is 9.99. The Balaban J connectivity index is 1.41. The van der Waals surface area contributed by atoms with Crippen LogP contribution in [0.2, 0.25) is 10.0 Å². The van der Waals surface area contributed by atoms with E-state index in [0.717, 1.165) is 0 Å². The highest BCUT2D eigenvalue weighted by Gasteiger charge is 2.55. The predicted molar refractivity (Wildman–Crippen MR) is 177 cm³/mol. The maximum absolute atomic E-state index is 13.9. The molecule has 12 nitrogen and oxygen atoms in total. The van der Waals surface area contributed by atoms with E-state index in [1.165, 1.54) is 24.3 Å². The van der Waals surface area contributed by atoms with Crippen LogP contribution in [0.5, 0.6) is 11.5 Å². The molecule has 1 unspecified atom stereocenters. The zero-order valence-electron chi connectivity index (χ0n) is 25.9. The Morgan fingerprint density at radius 3 is 2.37 bits per heavy atom. The third kappa shape index (κ3) is 8.00. The van der Waals surface area contributed by atoms with Crippen LogP contribution in [0.1, 0.15) is 38.7 Å². The van der Waals surface area contributed by atoms with Crippen LogP contribution >= 0.6 is 23.2 Å². The maximum Gasteiger partial charge on any atom is 0.347 e. The highest BCUT2D eigenvalue weighted by Crippen LogP contribution is 2.39. The van der Waals surface area contributed by atoms with Crippen LogP contribution < -0.4 is 25.1 Å². The lowest BCUT2D eigenvalue weighted by Gasteiger charge is -2.38. The number of halogens is 2. The Kier molecular flexibility index (Phi) is 11.3. The van der Waals surface area contributed by atoms with Crippen molar-refractivity contribution < 1.29 is 29.1 Å². The van der Waals surface area contributed by atoms with Crippen LogP contribution in [0.25, 0.3) is 0 Å². The average Bonchev–Trinajstić information content (AvgIpc) is 3.22. The van der Waals surface area contributed by atoms with Gasteiger partial charge in [0.15, 0.2) is 17.7 Å². The van der Waals surface area contributed by atoms with Crippen molar-refractivity contribution in [2.75, 3.05) is 31.0 Å². The van der Waals surface area contributed by atoms with Gasteiger partial charge in [0.1, 0.15) is 0 Å². The van der Waals surface area contributed by atoms with E-state index in [-0.39, 0.29) is 18.9 Å². The normalized spacial score (nSPS) is 15.6. The molecule has 14 heteroatoms. The minimum atomic E-state index is -1.13. The molecule has 3 aromatic rings. The van der Waals surface area contributed by atoms with Crippen molar-refractivity contribution in [3.05, 3.63) is 82.3 Å². The van der Waals surface area contributed by atoms with E-state index in [4.69, 9.17) is 32.7 Å². The first-order valence-corrected chi connectivity index (χ1v) is 15.2. The number of rotatable bonds is 12. The number of unbranched alkanes of at least 4 members (excludes halogenated alkanes) is 1. The number of carbonyl (C=O) groups is 3. The summed E-state index contributed by atoms with van der Waals surface area (Å²) in [4.78, 5) is 42.4. The van der Waals surface area contributed by atoms with Crippen LogP contribution in [0.4, 0.5) is 21.0 Å². The standard InChI is InChI=1S/C32H36Cl2N6O6/c1-32(2)29(40(44)30(42)36-24-11-7-9-22(33)18-24)39(25-12-8-10-23(34)19-25)31(43)38(32)16-6-5-13-28(41)37-35-20-21-14-15-26(45-3)27(17-21)46-4/h7-12,14-15,17-20,29,44H,5-6,13,16H2,1-4H3,(H,36,42)(H,37,41). The average molecular weight is 672 g/mol. The number of amides is 5. The molecule has 3 N–H and O–H groups in total. The first kappa shape index (κ1) is 34.4. The van der Waals surface area contributed by atoms with Gasteiger partial charge >= 0.3 is 12.1 Å². The van der Waals surface area contributed by atoms with Gasteiger partial charge in [-0.1, -0.05) is 35.3 Å². The maximum atomic E-state index is 13.9. The van der Waals surface area contributed by atoms with Crippen molar-refractivity contribution in [2.45, 2.75) is 44.8 Å². The second kappa shape index (κ2) is 15.2. The molecule has 0 spiro atoms. The molecule has 0 aliphatic carbocycles. The Labute approximate surface area is 277 Å². The molecule has 0 aromatic heterocycles. The third-order valence-corrected chi connectivity index (χ3v) is 7.93. The van der Waals surface area contributed by atoms with E-state index in [1.54, 1.807) is 86.5 Å². The Morgan fingerprint density at radius 1 is 1.00 bits per heavy atom. The summed E-state index contributed by atoms with van der Waals surface area (Å²) in [6.45, 7) is 3.77. The van der Waals surface area contributed by atoms with Gasteiger partial charge in [-0.3, -0.25) is 14.9 Å². The fourth-order valence-electron chi connectivity index (χ4n) is 5.19. The number of hydrazone groups is 1. The Bertz CT molecular complexity index is 1600. The Hall–Kier alpha value is -4.52. The molecule has 0 saturated carbocycles. The fourth-order valence-corrected chi connectivity index (χ4v) is 5.56. The second-order valence-electron chi connectivity index (χ2n) is 11.0. The number of hydroxylamine groups is 2. The lowest BCUT2D eigenvalue weighted by Crippen LogP contribution is -2.58. The first-order chi connectivity index (χ1) is 22.0. The minimum absolute atomic E-state index is 0.168. The summed E-state index contributed by atoms with van der Waals surface area (Å²) >= 11 is 12.3. The van der Waals surface area contributed by atoms with Gasteiger partial charge in [-0.05, 0) is 86.8 Å². The van der Waals surface area contributed by atoms with E-state index in [0.29, 0.717) is 56.4 Å². The van der Waals surface area contributed by atoms with Gasteiger partial charge in [-0.15, -0.1) is 0 Å². The van der Waals surface area contributed by atoms with E-state index in [2.05, 4.69) is 15.8 Å². The highest BCUT2D eigenvalue weighted by molar-refractivity contribution is 6.31. The zero-order chi connectivity index (χ0) is 33.4. The number of benzene rings is 3. The molecular formula is C32H36Cl2N6O6. The summed E-state index contributed by atoms with van der Waals surface area (Å²) < 4.78 is 10.5. The van der Waals surface area contributed by atoms with E-state index < -0.39 is 23.8 Å². The van der Waals surface area contributed by atoms with E-state index in [1.807, 2.05) is 0 Å². The molecule has 1 atom stereocenters. The molecule has 3 aromatic carbocycles. The van der Waals surface area contributed by atoms with Crippen LogP contribution in [0, 0.1) is 0 Å². The molecule has 1 saturated heterocycles. The number of urea groups is 2. The van der Waals surface area contributed by atoms with Gasteiger partial charge in [-0.25, -0.2) is 15.0 Å². The molecule has 5 amide bonds. The van der Waals surface area contributed by atoms with Crippen molar-refractivity contribution in [3.8, 4) is 11.5 Å². The van der Waals surface area contributed by atoms with Crippen molar-refractivity contribution in [1.82, 2.24) is 15.4 Å². The summed E-state index contributed by atoms with van der Waals surface area (Å²) in [6.07, 6.45) is 1.46. The van der Waals surface area contributed by atoms with E-state index in [9.17, 15) is 19.6 Å². The molecule has 1 aliphatic rings. The number of methoxy groups -OCH3 is 2. The molecule has 1 aliphatic heterocycles. The van der Waals surface area contributed by atoms with Crippen LogP contribution in [0.15, 0.2) is 71.8 Å². The smallest absolute Gasteiger partial charge is 0.347 e. The summed E-state index contributed by atoms with van der Waals surface area (Å²) in [5.74, 6) is 0.832. The van der Waals surface area contributed by atoms with Crippen LogP contribution in [-0.2, 0) is 4.79 Å². The topological polar surface area (TPSA) is 136 Å². The molecular weight excluding hydrogens is 635 g/mol. The van der Waals surface area contributed by atoms with Gasteiger partial charge in [-0.2, -0.15) is 10.2 Å². The predicted octanol–water partition coefficient (Wildman–Crippen LogP) is 6.60. The fraction of sp³-hybridized carbons (Fsp3) is 0.312. The summed E-state index contributed by atoms with van der Waals surface area (Å²) in [6, 6.07) is 17.0. The number of nitrogens with zero attached hydrogens (tertiary/aromatic N) is 4. The summed E-state index contributed by atoms with van der Waals surface area (Å²) in [7, 11) is 3.08. The molecule has 244 valence electrons. The zero-order valence-corrected chi connectivity index (χ0v) is 27.4. The quantitative estimate of drug-likeness (QED) is 0.0860. The third-order valence-electron chi connectivity index (χ3n) is 7.46. The summed E-state index contributed by atoms with van der Waals surface area (Å²) in [5.41, 5.74) is 2.93. The molecule has 1 fully saturated rings. The number of ether oxygens (including phenoxy) is 2. The van der Waals surface area contributed by atoms with Crippen LogP contribution in [0.3, 0.4) is 0 Å². The second-order valence-corrected chi connectivity index (χ2v) is 11.8. The SMILES string of the molecule is COc1ccc(C=NNC(=O)CCCCN2C(=O)N(c3cccc(Cl)c3)C(N(O)C(=O)Nc3cccc(Cl)c3)C2(C)C)cc1OC. The largest absolute Gasteiger partial charge is 0.493 e. The van der Waals surface area contributed by atoms with Gasteiger partial charge in [0.05, 0.1) is 26.0 Å².